The van der Waals surface area contributed by atoms with Crippen molar-refractivity contribution in [2.24, 2.45) is 5.92 Å². The van der Waals surface area contributed by atoms with Gasteiger partial charge >= 0.3 is 6.09 Å². The number of hydrogen-bond donors (Lipinski definition) is 2. The molecule has 120 valence electrons. The largest absolute Gasteiger partial charge is 0.444 e. The van der Waals surface area contributed by atoms with Crippen LogP contribution in [0.3, 0.4) is 0 Å². The molecule has 2 N–H and O–H groups in total. The Morgan fingerprint density at radius 3 is 2.76 bits per heavy atom. The lowest BCUT2D eigenvalue weighted by Crippen LogP contribution is -2.56. The second kappa shape index (κ2) is 6.22. The summed E-state index contributed by atoms with van der Waals surface area (Å²) in [6.07, 6.45) is 1.15. The van der Waals surface area contributed by atoms with Gasteiger partial charge in [0, 0.05) is 26.1 Å². The van der Waals surface area contributed by atoms with Crippen LogP contribution in [0.2, 0.25) is 0 Å². The van der Waals surface area contributed by atoms with E-state index in [1.807, 2.05) is 25.7 Å². The molecular formula is C15H27N3O3. The number of ether oxygens (including phenoxy) is 1. The summed E-state index contributed by atoms with van der Waals surface area (Å²) >= 11 is 0. The number of hydrogen-bond acceptors (Lipinski definition) is 4. The van der Waals surface area contributed by atoms with Gasteiger partial charge in [0.2, 0.25) is 5.91 Å². The van der Waals surface area contributed by atoms with E-state index in [1.165, 1.54) is 0 Å². The first-order valence-corrected chi connectivity index (χ1v) is 7.76. The van der Waals surface area contributed by atoms with E-state index in [0.29, 0.717) is 18.9 Å². The molecule has 3 atom stereocenters. The van der Waals surface area contributed by atoms with Gasteiger partial charge in [-0.05, 0) is 33.1 Å². The highest BCUT2D eigenvalue weighted by atomic mass is 16.6. The minimum absolute atomic E-state index is 0.0211. The lowest BCUT2D eigenvalue weighted by Gasteiger charge is -2.38. The van der Waals surface area contributed by atoms with Crippen LogP contribution in [-0.2, 0) is 9.53 Å². The topological polar surface area (TPSA) is 70.7 Å². The Bertz CT molecular complexity index is 405. The fourth-order valence-electron chi connectivity index (χ4n) is 2.96. The standard InChI is InChI=1S/C15H27N3O3/c1-10-5-6-13(19)18(9-10)12-8-16-7-11(12)17-14(20)21-15(2,3)4/h10-12,16H,5-9H2,1-4H3,(H,17,20)/t10?,11-,12+/m0/s1. The second-order valence-corrected chi connectivity index (χ2v) is 7.17. The van der Waals surface area contributed by atoms with Crippen molar-refractivity contribution in [3.8, 4) is 0 Å². The van der Waals surface area contributed by atoms with E-state index in [0.717, 1.165) is 19.5 Å². The van der Waals surface area contributed by atoms with E-state index < -0.39 is 11.7 Å². The fraction of sp³-hybridized carbons (Fsp3) is 0.867. The van der Waals surface area contributed by atoms with Crippen molar-refractivity contribution in [1.29, 1.82) is 0 Å². The predicted octanol–water partition coefficient (Wildman–Crippen LogP) is 1.11. The monoisotopic (exact) mass is 297 g/mol. The Labute approximate surface area is 126 Å². The van der Waals surface area contributed by atoms with Crippen LogP contribution in [0, 0.1) is 5.92 Å². The smallest absolute Gasteiger partial charge is 0.407 e. The number of alkyl carbamates (subject to hydrolysis) is 1. The van der Waals surface area contributed by atoms with Gasteiger partial charge in [0.1, 0.15) is 5.60 Å². The molecule has 6 nitrogen and oxygen atoms in total. The molecule has 21 heavy (non-hydrogen) atoms. The highest BCUT2D eigenvalue weighted by Crippen LogP contribution is 2.22. The number of carbonyl (C=O) groups excluding carboxylic acids is 2. The zero-order chi connectivity index (χ0) is 15.6. The summed E-state index contributed by atoms with van der Waals surface area (Å²) in [5.74, 6) is 0.711. The average Bonchev–Trinajstić information content (AvgIpc) is 2.77. The molecule has 6 heteroatoms. The molecule has 2 fully saturated rings. The molecule has 0 aliphatic carbocycles. The van der Waals surface area contributed by atoms with E-state index in [1.54, 1.807) is 0 Å². The average molecular weight is 297 g/mol. The normalized spacial score (nSPS) is 30.4. The SMILES string of the molecule is CC1CCC(=O)N([C@@H]2CNC[C@@H]2NC(=O)OC(C)(C)C)C1. The molecule has 0 bridgehead atoms. The maximum absolute atomic E-state index is 12.1. The van der Waals surface area contributed by atoms with Crippen molar-refractivity contribution >= 4 is 12.0 Å². The summed E-state index contributed by atoms with van der Waals surface area (Å²) in [7, 11) is 0. The van der Waals surface area contributed by atoms with Crippen molar-refractivity contribution in [2.45, 2.75) is 58.2 Å². The minimum atomic E-state index is -0.513. The van der Waals surface area contributed by atoms with Crippen LogP contribution in [-0.4, -0.2) is 54.2 Å². The quantitative estimate of drug-likeness (QED) is 0.801. The van der Waals surface area contributed by atoms with Gasteiger partial charge in [0.05, 0.1) is 12.1 Å². The van der Waals surface area contributed by atoms with E-state index >= 15 is 0 Å². The van der Waals surface area contributed by atoms with Gasteiger partial charge in [-0.25, -0.2) is 4.79 Å². The van der Waals surface area contributed by atoms with E-state index in [-0.39, 0.29) is 18.0 Å². The van der Waals surface area contributed by atoms with Gasteiger partial charge in [-0.15, -0.1) is 0 Å². The molecule has 2 saturated heterocycles. The van der Waals surface area contributed by atoms with Crippen LogP contribution in [0.5, 0.6) is 0 Å². The number of nitrogens with zero attached hydrogens (tertiary/aromatic N) is 1. The summed E-state index contributed by atoms with van der Waals surface area (Å²) in [5, 5.41) is 6.16. The molecule has 0 saturated carbocycles. The minimum Gasteiger partial charge on any atom is -0.444 e. The Morgan fingerprint density at radius 2 is 2.10 bits per heavy atom. The molecule has 2 aliphatic rings. The molecular weight excluding hydrogens is 270 g/mol. The number of piperidine rings is 1. The van der Waals surface area contributed by atoms with E-state index in [9.17, 15) is 9.59 Å². The van der Waals surface area contributed by atoms with Gasteiger partial charge in [-0.2, -0.15) is 0 Å². The molecule has 2 heterocycles. The highest BCUT2D eigenvalue weighted by molar-refractivity contribution is 5.77. The highest BCUT2D eigenvalue weighted by Gasteiger charge is 2.38. The summed E-state index contributed by atoms with van der Waals surface area (Å²) in [6.45, 7) is 9.85. The predicted molar refractivity (Wildman–Crippen MR) is 79.9 cm³/mol. The Hall–Kier alpha value is -1.30. The molecule has 0 radical (unpaired) electrons. The van der Waals surface area contributed by atoms with Crippen molar-refractivity contribution in [1.82, 2.24) is 15.5 Å². The van der Waals surface area contributed by atoms with Crippen molar-refractivity contribution < 1.29 is 14.3 Å². The first-order chi connectivity index (χ1) is 9.76. The van der Waals surface area contributed by atoms with Crippen LogP contribution < -0.4 is 10.6 Å². The Balaban J connectivity index is 1.96. The maximum Gasteiger partial charge on any atom is 0.407 e. The zero-order valence-electron chi connectivity index (χ0n) is 13.4. The van der Waals surface area contributed by atoms with Gasteiger partial charge in [0.25, 0.3) is 0 Å². The van der Waals surface area contributed by atoms with E-state index in [4.69, 9.17) is 4.74 Å². The summed E-state index contributed by atoms with van der Waals surface area (Å²) in [5.41, 5.74) is -0.513. The van der Waals surface area contributed by atoms with Crippen molar-refractivity contribution in [2.75, 3.05) is 19.6 Å². The Kier molecular flexibility index (Phi) is 4.76. The maximum atomic E-state index is 12.1. The third-order valence-electron chi connectivity index (χ3n) is 3.96. The fourth-order valence-corrected chi connectivity index (χ4v) is 2.96. The van der Waals surface area contributed by atoms with Crippen molar-refractivity contribution in [3.05, 3.63) is 0 Å². The van der Waals surface area contributed by atoms with Gasteiger partial charge in [-0.3, -0.25) is 4.79 Å². The number of likely N-dealkylation sites (tertiary alicyclic amines) is 1. The number of nitrogens with one attached hydrogen (secondary N) is 2. The van der Waals surface area contributed by atoms with Crippen LogP contribution in [0.4, 0.5) is 4.79 Å². The molecule has 2 rings (SSSR count). The summed E-state index contributed by atoms with van der Waals surface area (Å²) in [6, 6.07) is -0.0677. The van der Waals surface area contributed by atoms with Crippen LogP contribution in [0.1, 0.15) is 40.5 Å². The van der Waals surface area contributed by atoms with Crippen LogP contribution in [0.15, 0.2) is 0 Å². The van der Waals surface area contributed by atoms with Crippen molar-refractivity contribution in [3.63, 3.8) is 0 Å². The number of rotatable bonds is 2. The van der Waals surface area contributed by atoms with Gasteiger partial charge in [-0.1, -0.05) is 6.92 Å². The zero-order valence-corrected chi connectivity index (χ0v) is 13.4. The second-order valence-electron chi connectivity index (χ2n) is 7.17. The molecule has 1 unspecified atom stereocenters. The number of carbonyl (C=O) groups is 2. The first-order valence-electron chi connectivity index (χ1n) is 7.76. The van der Waals surface area contributed by atoms with Crippen LogP contribution >= 0.6 is 0 Å². The Morgan fingerprint density at radius 1 is 1.38 bits per heavy atom. The molecule has 0 aromatic rings. The van der Waals surface area contributed by atoms with E-state index in [2.05, 4.69) is 17.6 Å². The summed E-state index contributed by atoms with van der Waals surface area (Å²) in [4.78, 5) is 26.0. The molecule has 2 amide bonds. The number of amides is 2. The van der Waals surface area contributed by atoms with Gasteiger partial charge in [0.15, 0.2) is 0 Å². The molecule has 0 aromatic heterocycles. The molecule has 0 spiro atoms. The third-order valence-corrected chi connectivity index (χ3v) is 3.96. The molecule has 0 aromatic carbocycles. The third kappa shape index (κ3) is 4.33. The summed E-state index contributed by atoms with van der Waals surface area (Å²) < 4.78 is 5.30. The lowest BCUT2D eigenvalue weighted by molar-refractivity contribution is -0.137. The van der Waals surface area contributed by atoms with Crippen LogP contribution in [0.25, 0.3) is 0 Å². The first kappa shape index (κ1) is 16.1. The van der Waals surface area contributed by atoms with Gasteiger partial charge < -0.3 is 20.3 Å². The lowest BCUT2D eigenvalue weighted by atomic mass is 9.97. The molecule has 2 aliphatic heterocycles.